The molecule has 1 aromatic carbocycles. The maximum atomic E-state index is 12.5. The van der Waals surface area contributed by atoms with Crippen LogP contribution in [0.2, 0.25) is 0 Å². The monoisotopic (exact) mass is 340 g/mol. The van der Waals surface area contributed by atoms with Crippen LogP contribution >= 0.6 is 0 Å². The Morgan fingerprint density at radius 2 is 1.81 bits per heavy atom. The normalized spacial score (nSPS) is 10.6. The van der Waals surface area contributed by atoms with Gasteiger partial charge in [0.05, 0.1) is 5.69 Å². The van der Waals surface area contributed by atoms with E-state index < -0.39 is 0 Å². The Labute approximate surface area is 150 Å². The third-order valence-corrected chi connectivity index (χ3v) is 4.12. The molecule has 3 heterocycles. The maximum Gasteiger partial charge on any atom is 0.270 e. The van der Waals surface area contributed by atoms with Crippen LogP contribution in [-0.2, 0) is 6.54 Å². The van der Waals surface area contributed by atoms with Crippen molar-refractivity contribution in [3.63, 3.8) is 0 Å². The number of amides is 1. The highest BCUT2D eigenvalue weighted by Gasteiger charge is 2.11. The minimum atomic E-state index is -0.196. The standard InChI is InChI=1S/C21H16N4O/c26-21(20-18-6-2-1-4-16(18)9-11-23-20)25-13-15-7-8-19(24-12-15)17-5-3-10-22-14-17/h1-12,14H,13H2,(H,25,26). The van der Waals surface area contributed by atoms with Crippen LogP contribution in [-0.4, -0.2) is 20.9 Å². The van der Waals surface area contributed by atoms with Gasteiger partial charge in [0.1, 0.15) is 5.69 Å². The van der Waals surface area contributed by atoms with E-state index in [9.17, 15) is 4.79 Å². The van der Waals surface area contributed by atoms with Gasteiger partial charge in [-0.15, -0.1) is 0 Å². The van der Waals surface area contributed by atoms with Crippen LogP contribution in [0.1, 0.15) is 16.1 Å². The molecule has 26 heavy (non-hydrogen) atoms. The lowest BCUT2D eigenvalue weighted by Crippen LogP contribution is -2.24. The second-order valence-electron chi connectivity index (χ2n) is 5.86. The van der Waals surface area contributed by atoms with Gasteiger partial charge in [0, 0.05) is 42.3 Å². The van der Waals surface area contributed by atoms with Gasteiger partial charge in [0.2, 0.25) is 0 Å². The average Bonchev–Trinajstić information content (AvgIpc) is 2.72. The molecule has 5 nitrogen and oxygen atoms in total. The van der Waals surface area contributed by atoms with Gasteiger partial charge >= 0.3 is 0 Å². The van der Waals surface area contributed by atoms with Gasteiger partial charge < -0.3 is 5.32 Å². The molecule has 0 radical (unpaired) electrons. The molecular formula is C21H16N4O. The molecule has 0 saturated heterocycles. The lowest BCUT2D eigenvalue weighted by Gasteiger charge is -2.08. The van der Waals surface area contributed by atoms with Crippen molar-refractivity contribution in [3.8, 4) is 11.3 Å². The zero-order chi connectivity index (χ0) is 17.8. The van der Waals surface area contributed by atoms with Crippen molar-refractivity contribution < 1.29 is 4.79 Å². The van der Waals surface area contributed by atoms with Crippen LogP contribution in [0, 0.1) is 0 Å². The first-order chi connectivity index (χ1) is 12.8. The fraction of sp³-hybridized carbons (Fsp3) is 0.0476. The number of nitrogens with one attached hydrogen (secondary N) is 1. The first-order valence-electron chi connectivity index (χ1n) is 8.28. The van der Waals surface area contributed by atoms with Crippen LogP contribution < -0.4 is 5.32 Å². The molecular weight excluding hydrogens is 324 g/mol. The summed E-state index contributed by atoms with van der Waals surface area (Å²) >= 11 is 0. The SMILES string of the molecule is O=C(NCc1ccc(-c2cccnc2)nc1)c1nccc2ccccc12. The van der Waals surface area contributed by atoms with E-state index in [0.717, 1.165) is 27.6 Å². The summed E-state index contributed by atoms with van der Waals surface area (Å²) in [6, 6.07) is 17.3. The topological polar surface area (TPSA) is 67.8 Å². The van der Waals surface area contributed by atoms with E-state index in [1.165, 1.54) is 0 Å². The van der Waals surface area contributed by atoms with E-state index in [-0.39, 0.29) is 5.91 Å². The summed E-state index contributed by atoms with van der Waals surface area (Å²) < 4.78 is 0. The first kappa shape index (κ1) is 15.9. The number of benzene rings is 1. The van der Waals surface area contributed by atoms with Crippen molar-refractivity contribution in [2.45, 2.75) is 6.54 Å². The Hall–Kier alpha value is -3.60. The number of aromatic nitrogens is 3. The lowest BCUT2D eigenvalue weighted by atomic mass is 10.1. The second kappa shape index (κ2) is 7.11. The third-order valence-electron chi connectivity index (χ3n) is 4.12. The maximum absolute atomic E-state index is 12.5. The average molecular weight is 340 g/mol. The fourth-order valence-electron chi connectivity index (χ4n) is 2.78. The summed E-state index contributed by atoms with van der Waals surface area (Å²) in [5.41, 5.74) is 3.17. The molecule has 126 valence electrons. The van der Waals surface area contributed by atoms with Gasteiger partial charge in [-0.1, -0.05) is 30.3 Å². The number of hydrogen-bond acceptors (Lipinski definition) is 4. The van der Waals surface area contributed by atoms with Gasteiger partial charge in [0.25, 0.3) is 5.91 Å². The van der Waals surface area contributed by atoms with Gasteiger partial charge in [0.15, 0.2) is 0 Å². The highest BCUT2D eigenvalue weighted by molar-refractivity contribution is 6.05. The van der Waals surface area contributed by atoms with E-state index in [4.69, 9.17) is 0 Å². The zero-order valence-electron chi connectivity index (χ0n) is 14.0. The molecule has 0 fully saturated rings. The predicted octanol–water partition coefficient (Wildman–Crippen LogP) is 3.62. The molecule has 0 saturated carbocycles. The molecule has 0 atom stereocenters. The van der Waals surface area contributed by atoms with Crippen molar-refractivity contribution >= 4 is 16.7 Å². The molecule has 0 aliphatic heterocycles. The Kier molecular flexibility index (Phi) is 4.35. The Morgan fingerprint density at radius 3 is 2.62 bits per heavy atom. The predicted molar refractivity (Wildman–Crippen MR) is 100 cm³/mol. The number of carbonyl (C=O) groups is 1. The molecule has 0 spiro atoms. The van der Waals surface area contributed by atoms with Crippen molar-refractivity contribution in [2.75, 3.05) is 0 Å². The summed E-state index contributed by atoms with van der Waals surface area (Å²) in [6.45, 7) is 0.393. The largest absolute Gasteiger partial charge is 0.347 e. The molecule has 4 aromatic rings. The third kappa shape index (κ3) is 3.28. The number of nitrogens with zero attached hydrogens (tertiary/aromatic N) is 3. The molecule has 3 aromatic heterocycles. The van der Waals surface area contributed by atoms with Crippen molar-refractivity contribution in [1.82, 2.24) is 20.3 Å². The van der Waals surface area contributed by atoms with Crippen molar-refractivity contribution in [3.05, 3.63) is 90.6 Å². The molecule has 0 unspecified atom stereocenters. The summed E-state index contributed by atoms with van der Waals surface area (Å²) in [4.78, 5) is 25.3. The Bertz CT molecular complexity index is 1040. The van der Waals surface area contributed by atoms with Crippen LogP contribution in [0.4, 0.5) is 0 Å². The molecule has 4 rings (SSSR count). The number of rotatable bonds is 4. The minimum Gasteiger partial charge on any atom is -0.347 e. The highest BCUT2D eigenvalue weighted by Crippen LogP contribution is 2.17. The van der Waals surface area contributed by atoms with E-state index in [2.05, 4.69) is 20.3 Å². The quantitative estimate of drug-likeness (QED) is 0.616. The summed E-state index contributed by atoms with van der Waals surface area (Å²) in [5.74, 6) is -0.196. The number of carbonyl (C=O) groups excluding carboxylic acids is 1. The van der Waals surface area contributed by atoms with Crippen LogP contribution in [0.3, 0.4) is 0 Å². The first-order valence-corrected chi connectivity index (χ1v) is 8.28. The molecule has 0 bridgehead atoms. The van der Waals surface area contributed by atoms with Crippen LogP contribution in [0.15, 0.2) is 79.4 Å². The highest BCUT2D eigenvalue weighted by atomic mass is 16.1. The van der Waals surface area contributed by atoms with Crippen LogP contribution in [0.5, 0.6) is 0 Å². The van der Waals surface area contributed by atoms with Gasteiger partial charge in [-0.05, 0) is 35.2 Å². The fourth-order valence-corrected chi connectivity index (χ4v) is 2.78. The summed E-state index contributed by atoms with van der Waals surface area (Å²) in [6.07, 6.45) is 6.92. The van der Waals surface area contributed by atoms with Gasteiger partial charge in [-0.3, -0.25) is 19.7 Å². The Balaban J connectivity index is 1.48. The van der Waals surface area contributed by atoms with Gasteiger partial charge in [-0.2, -0.15) is 0 Å². The molecule has 0 aliphatic rings. The molecule has 1 N–H and O–H groups in total. The van der Waals surface area contributed by atoms with E-state index in [1.807, 2.05) is 54.6 Å². The van der Waals surface area contributed by atoms with E-state index >= 15 is 0 Å². The zero-order valence-corrected chi connectivity index (χ0v) is 14.0. The van der Waals surface area contributed by atoms with E-state index in [1.54, 1.807) is 24.8 Å². The lowest BCUT2D eigenvalue weighted by molar-refractivity contribution is 0.0948. The number of fused-ring (bicyclic) bond motifs is 1. The molecule has 0 aliphatic carbocycles. The van der Waals surface area contributed by atoms with E-state index in [0.29, 0.717) is 12.2 Å². The number of hydrogen-bond donors (Lipinski definition) is 1. The van der Waals surface area contributed by atoms with Crippen molar-refractivity contribution in [1.29, 1.82) is 0 Å². The molecule has 1 amide bonds. The smallest absolute Gasteiger partial charge is 0.270 e. The number of pyridine rings is 3. The summed E-state index contributed by atoms with van der Waals surface area (Å²) in [7, 11) is 0. The van der Waals surface area contributed by atoms with Crippen molar-refractivity contribution in [2.24, 2.45) is 0 Å². The second-order valence-corrected chi connectivity index (χ2v) is 5.86. The van der Waals surface area contributed by atoms with Crippen LogP contribution in [0.25, 0.3) is 22.0 Å². The Morgan fingerprint density at radius 1 is 0.885 bits per heavy atom. The molecule has 5 heteroatoms. The summed E-state index contributed by atoms with van der Waals surface area (Å²) in [5, 5.41) is 4.75. The minimum absolute atomic E-state index is 0.196. The van der Waals surface area contributed by atoms with Gasteiger partial charge in [-0.25, -0.2) is 0 Å².